The fourth-order valence-corrected chi connectivity index (χ4v) is 4.46. The lowest BCUT2D eigenvalue weighted by molar-refractivity contribution is 0.304. The Morgan fingerprint density at radius 3 is 0.913 bits per heavy atom. The summed E-state index contributed by atoms with van der Waals surface area (Å²) in [7, 11) is 0. The second-order valence-electron chi connectivity index (χ2n) is 11.2. The minimum Gasteiger partial charge on any atom is -0.489 e. The van der Waals surface area contributed by atoms with E-state index in [-0.39, 0.29) is 0 Å². The largest absolute Gasteiger partial charge is 0.489 e. The maximum Gasteiger partial charge on any atom is 0.120 e. The molecule has 0 aliphatic heterocycles. The molecule has 0 aliphatic carbocycles. The normalized spacial score (nSPS) is 27.6. The predicted octanol–water partition coefficient (Wildman–Crippen LogP) is 11.8. The van der Waals surface area contributed by atoms with E-state index in [1.807, 2.05) is 0 Å². The third-order valence-corrected chi connectivity index (χ3v) is 7.10. The average molecular weight is 655 g/mol. The molecule has 0 atom stereocenters. The van der Waals surface area contributed by atoms with Gasteiger partial charge in [-0.1, -0.05) is 143 Å². The van der Waals surface area contributed by atoms with E-state index in [9.17, 15) is 0 Å². The molecule has 0 bridgehead atoms. The fraction of sp³-hybridized carbons (Fsp3) is 0.455. The molecule has 2 nitrogen and oxygen atoms in total. The van der Waals surface area contributed by atoms with Crippen LogP contribution in [0, 0.1) is 0 Å². The Balaban J connectivity index is 1.71. The lowest BCUT2D eigenvalue weighted by atomic mass is 9.80. The third-order valence-electron chi connectivity index (χ3n) is 7.10. The molecule has 0 N–H and O–H groups in total. The minimum atomic E-state index is -3.94. The monoisotopic (exact) mass is 655 g/mol. The summed E-state index contributed by atoms with van der Waals surface area (Å²) in [5, 5.41) is 0. The Bertz CT molecular complexity index is 2360. The van der Waals surface area contributed by atoms with Crippen LogP contribution in [-0.2, 0) is 47.7 Å². The van der Waals surface area contributed by atoms with Gasteiger partial charge in [0.25, 0.3) is 0 Å². The molecule has 0 fully saturated rings. The molecule has 4 rings (SSSR count). The molecule has 46 heavy (non-hydrogen) atoms. The number of hydrogen-bond donors (Lipinski definition) is 0. The van der Waals surface area contributed by atoms with Crippen LogP contribution in [0.5, 0.6) is 11.5 Å². The zero-order valence-corrected chi connectivity index (χ0v) is 24.7. The zero-order valence-electron chi connectivity index (χ0n) is 60.7. The standard InChI is InChI=1S/C44H58O2/c1-41(2,3)35-23-36(42(4,5)6)26-39(25-35)45-29-33-19-15-31(16-20-33)13-14-32-17-21-34(22-18-32)30-46-40-27-37(43(7,8)9)24-38(28-40)44(10,11)12/h15-28H,13-14,29-30H2,1-12H3/i1D3,2D3,3D3,4D3,5D3,6D3,7D3,8D3,9D3,10D3,11D3,12D3. The quantitative estimate of drug-likeness (QED) is 0.179. The molecular formula is C44H58O2. The lowest BCUT2D eigenvalue weighted by Gasteiger charge is -2.26. The van der Waals surface area contributed by atoms with Crippen LogP contribution in [-0.4, -0.2) is 0 Å². The Hall–Kier alpha value is -3.52. The van der Waals surface area contributed by atoms with Gasteiger partial charge in [0.1, 0.15) is 24.7 Å². The van der Waals surface area contributed by atoms with Gasteiger partial charge in [0, 0.05) is 49.3 Å². The van der Waals surface area contributed by atoms with E-state index in [0.29, 0.717) is 60.4 Å². The first-order chi connectivity index (χ1) is 36.3. The van der Waals surface area contributed by atoms with Gasteiger partial charge in [-0.15, -0.1) is 0 Å². The summed E-state index contributed by atoms with van der Waals surface area (Å²) in [6, 6.07) is 16.2. The van der Waals surface area contributed by atoms with E-state index in [4.69, 9.17) is 58.8 Å². The maximum absolute atomic E-state index is 8.24. The van der Waals surface area contributed by atoms with Gasteiger partial charge in [0.2, 0.25) is 0 Å². The molecule has 2 heteroatoms. The molecule has 0 radical (unpaired) electrons. The number of rotatable bonds is 9. The summed E-state index contributed by atoms with van der Waals surface area (Å²) < 4.78 is 308. The Labute approximate surface area is 331 Å². The SMILES string of the molecule is [2H]C([2H])([2H])C(c1cc(OCc2ccc(CCc3ccc(COc4cc(C(C([2H])([2H])[2H])(C([2H])([2H])[2H])C([2H])([2H])[2H])cc(C(C([2H])([2H])[2H])(C([2H])([2H])[2H])C([2H])([2H])[2H])c4)cc3)cc2)cc(C(C([2H])([2H])[2H])(C([2H])([2H])[2H])C([2H])([2H])[2H])c1)(C([2H])([2H])[2H])C([2H])([2H])[2H]. The molecule has 4 aromatic carbocycles. The second kappa shape index (κ2) is 13.7. The predicted molar refractivity (Wildman–Crippen MR) is 197 cm³/mol. The van der Waals surface area contributed by atoms with E-state index in [1.54, 1.807) is 48.5 Å². The van der Waals surface area contributed by atoms with Gasteiger partial charge in [-0.2, -0.15) is 0 Å². The molecule has 0 unspecified atom stereocenters. The van der Waals surface area contributed by atoms with Crippen molar-refractivity contribution in [1.29, 1.82) is 0 Å². The van der Waals surface area contributed by atoms with Crippen molar-refractivity contribution in [3.8, 4) is 11.5 Å². The summed E-state index contributed by atoms with van der Waals surface area (Å²) in [6.07, 6.45) is 0.745. The van der Waals surface area contributed by atoms with Gasteiger partial charge in [-0.05, 0) is 103 Å². The molecule has 0 aliphatic rings. The number of ether oxygens (including phenoxy) is 2. The van der Waals surface area contributed by atoms with E-state index in [0.717, 1.165) is 11.1 Å². The number of aryl methyl sites for hydroxylation is 2. The van der Waals surface area contributed by atoms with E-state index >= 15 is 0 Å². The molecular weight excluding hydrogens is 560 g/mol. The van der Waals surface area contributed by atoms with Gasteiger partial charge in [-0.25, -0.2) is 0 Å². The highest BCUT2D eigenvalue weighted by Gasteiger charge is 2.22. The van der Waals surface area contributed by atoms with Crippen LogP contribution >= 0.6 is 0 Å². The summed E-state index contributed by atoms with van der Waals surface area (Å²) in [5.74, 6) is -1.33. The summed E-state index contributed by atoms with van der Waals surface area (Å²) in [4.78, 5) is 0. The second-order valence-corrected chi connectivity index (χ2v) is 11.2. The van der Waals surface area contributed by atoms with Gasteiger partial charge in [0.05, 0.1) is 0 Å². The lowest BCUT2D eigenvalue weighted by Crippen LogP contribution is -2.16. The van der Waals surface area contributed by atoms with Gasteiger partial charge >= 0.3 is 0 Å². The molecule has 0 spiro atoms. The smallest absolute Gasteiger partial charge is 0.120 e. The highest BCUT2D eigenvalue weighted by atomic mass is 16.5. The van der Waals surface area contributed by atoms with Crippen LogP contribution in [0.2, 0.25) is 0 Å². The van der Waals surface area contributed by atoms with Crippen LogP contribution in [0.25, 0.3) is 0 Å². The minimum absolute atomic E-state index is 0.349. The molecule has 0 saturated heterocycles. The van der Waals surface area contributed by atoms with Crippen molar-refractivity contribution in [2.75, 3.05) is 0 Å². The van der Waals surface area contributed by atoms with Crippen LogP contribution in [0.15, 0.2) is 84.9 Å². The van der Waals surface area contributed by atoms with Crippen LogP contribution in [0.3, 0.4) is 0 Å². The molecule has 0 heterocycles. The number of benzene rings is 4. The van der Waals surface area contributed by atoms with Crippen molar-refractivity contribution in [2.24, 2.45) is 0 Å². The van der Waals surface area contributed by atoms with Crippen molar-refractivity contribution in [2.45, 2.75) is 130 Å². The van der Waals surface area contributed by atoms with E-state index in [2.05, 4.69) is 0 Å². The molecule has 4 aromatic rings. The Morgan fingerprint density at radius 1 is 0.391 bits per heavy atom. The zero-order chi connectivity index (χ0) is 63.9. The van der Waals surface area contributed by atoms with Crippen molar-refractivity contribution in [3.05, 3.63) is 129 Å². The van der Waals surface area contributed by atoms with Gasteiger partial charge in [-0.3, -0.25) is 0 Å². The van der Waals surface area contributed by atoms with Gasteiger partial charge < -0.3 is 9.47 Å². The van der Waals surface area contributed by atoms with Crippen LogP contribution in [0.4, 0.5) is 0 Å². The highest BCUT2D eigenvalue weighted by Crippen LogP contribution is 2.34. The first kappa shape index (κ1) is 11.0. The molecule has 0 aromatic heterocycles. The Kier molecular flexibility index (Phi) is 3.27. The van der Waals surface area contributed by atoms with E-state index in [1.165, 1.54) is 0 Å². The van der Waals surface area contributed by atoms with Crippen molar-refractivity contribution in [1.82, 2.24) is 0 Å². The summed E-state index contributed by atoms with van der Waals surface area (Å²) in [6.45, 7) is -48.3. The molecule has 246 valence electrons. The fourth-order valence-electron chi connectivity index (χ4n) is 4.46. The first-order valence-corrected chi connectivity index (χ1v) is 14.0. The first-order valence-electron chi connectivity index (χ1n) is 32.0. The van der Waals surface area contributed by atoms with Crippen LogP contribution < -0.4 is 9.47 Å². The highest BCUT2D eigenvalue weighted by molar-refractivity contribution is 5.42. The maximum atomic E-state index is 8.24. The topological polar surface area (TPSA) is 18.5 Å². The summed E-state index contributed by atoms with van der Waals surface area (Å²) >= 11 is 0. The van der Waals surface area contributed by atoms with Crippen molar-refractivity contribution >= 4 is 0 Å². The average Bonchev–Trinajstić information content (AvgIpc) is 2.82. The molecule has 0 amide bonds. The number of hydrogen-bond acceptors (Lipinski definition) is 2. The Morgan fingerprint density at radius 2 is 0.652 bits per heavy atom. The van der Waals surface area contributed by atoms with Crippen molar-refractivity contribution < 1.29 is 58.8 Å². The van der Waals surface area contributed by atoms with Gasteiger partial charge in [0.15, 0.2) is 0 Å². The van der Waals surface area contributed by atoms with E-state index < -0.39 is 151 Å². The third kappa shape index (κ3) is 9.99. The van der Waals surface area contributed by atoms with Crippen LogP contribution in [0.1, 0.15) is 176 Å². The summed E-state index contributed by atoms with van der Waals surface area (Å²) in [5.41, 5.74) is -17.9. The van der Waals surface area contributed by atoms with Crippen molar-refractivity contribution in [3.63, 3.8) is 0 Å². The molecule has 0 saturated carbocycles.